The summed E-state index contributed by atoms with van der Waals surface area (Å²) in [5.41, 5.74) is 6.22. The minimum absolute atomic E-state index is 0.0999. The van der Waals surface area contributed by atoms with Crippen LogP contribution in [0.5, 0.6) is 0 Å². The van der Waals surface area contributed by atoms with Crippen LogP contribution in [-0.2, 0) is 14.8 Å². The Balaban J connectivity index is 2.81. The molecule has 0 bridgehead atoms. The SMILES string of the molecule is CNS(=O)(=O)c1cccc(NC(=O)CC(N)C(C)(C)C)c1. The van der Waals surface area contributed by atoms with Gasteiger partial charge < -0.3 is 11.1 Å². The predicted molar refractivity (Wildman–Crippen MR) is 83.4 cm³/mol. The van der Waals surface area contributed by atoms with Gasteiger partial charge in [0.25, 0.3) is 0 Å². The van der Waals surface area contributed by atoms with Gasteiger partial charge >= 0.3 is 0 Å². The van der Waals surface area contributed by atoms with Crippen LogP contribution in [0.4, 0.5) is 5.69 Å². The molecule has 4 N–H and O–H groups in total. The molecule has 1 unspecified atom stereocenters. The number of carbonyl (C=O) groups is 1. The van der Waals surface area contributed by atoms with E-state index in [2.05, 4.69) is 10.0 Å². The number of anilines is 1. The van der Waals surface area contributed by atoms with Gasteiger partial charge in [0.2, 0.25) is 15.9 Å². The molecule has 1 aromatic carbocycles. The first-order valence-electron chi connectivity index (χ1n) is 6.65. The van der Waals surface area contributed by atoms with Crippen molar-refractivity contribution in [1.82, 2.24) is 4.72 Å². The first-order chi connectivity index (χ1) is 9.56. The summed E-state index contributed by atoms with van der Waals surface area (Å²) in [7, 11) is -2.19. The molecule has 1 amide bonds. The summed E-state index contributed by atoms with van der Waals surface area (Å²) in [5, 5.41) is 2.67. The Morgan fingerprint density at radius 2 is 1.95 bits per heavy atom. The highest BCUT2D eigenvalue weighted by Gasteiger charge is 2.23. The number of nitrogens with two attached hydrogens (primary N) is 1. The molecule has 1 rings (SSSR count). The smallest absolute Gasteiger partial charge is 0.240 e. The molecular formula is C14H23N3O3S. The van der Waals surface area contributed by atoms with Gasteiger partial charge in [-0.05, 0) is 30.7 Å². The third-order valence-electron chi connectivity index (χ3n) is 3.21. The normalized spacial score (nSPS) is 13.8. The molecule has 0 heterocycles. The van der Waals surface area contributed by atoms with E-state index in [1.165, 1.54) is 19.2 Å². The molecule has 0 radical (unpaired) electrons. The Morgan fingerprint density at radius 1 is 1.33 bits per heavy atom. The van der Waals surface area contributed by atoms with Crippen molar-refractivity contribution in [2.75, 3.05) is 12.4 Å². The highest BCUT2D eigenvalue weighted by Crippen LogP contribution is 2.21. The third kappa shape index (κ3) is 5.11. The maximum atomic E-state index is 11.9. The van der Waals surface area contributed by atoms with Crippen molar-refractivity contribution in [3.05, 3.63) is 24.3 Å². The molecule has 118 valence electrons. The molecular weight excluding hydrogens is 290 g/mol. The van der Waals surface area contributed by atoms with Crippen molar-refractivity contribution in [2.24, 2.45) is 11.1 Å². The topological polar surface area (TPSA) is 101 Å². The minimum atomic E-state index is -3.53. The van der Waals surface area contributed by atoms with Crippen LogP contribution in [0.2, 0.25) is 0 Å². The fourth-order valence-corrected chi connectivity index (χ4v) is 2.35. The van der Waals surface area contributed by atoms with E-state index in [0.29, 0.717) is 5.69 Å². The van der Waals surface area contributed by atoms with Crippen LogP contribution >= 0.6 is 0 Å². The van der Waals surface area contributed by atoms with E-state index in [1.54, 1.807) is 12.1 Å². The zero-order chi connectivity index (χ0) is 16.3. The second-order valence-corrected chi connectivity index (χ2v) is 7.85. The van der Waals surface area contributed by atoms with E-state index in [0.717, 1.165) is 0 Å². The van der Waals surface area contributed by atoms with E-state index in [4.69, 9.17) is 5.73 Å². The Hall–Kier alpha value is -1.44. The van der Waals surface area contributed by atoms with Crippen LogP contribution in [0, 0.1) is 5.41 Å². The average molecular weight is 313 g/mol. The van der Waals surface area contributed by atoms with Gasteiger partial charge in [-0.3, -0.25) is 4.79 Å². The number of hydrogen-bond acceptors (Lipinski definition) is 4. The van der Waals surface area contributed by atoms with Gasteiger partial charge in [0.15, 0.2) is 0 Å². The molecule has 0 aliphatic rings. The van der Waals surface area contributed by atoms with Crippen LogP contribution < -0.4 is 15.8 Å². The van der Waals surface area contributed by atoms with E-state index < -0.39 is 10.0 Å². The Bertz CT molecular complexity index is 606. The van der Waals surface area contributed by atoms with E-state index >= 15 is 0 Å². The van der Waals surface area contributed by atoms with Crippen molar-refractivity contribution >= 4 is 21.6 Å². The third-order valence-corrected chi connectivity index (χ3v) is 4.63. The largest absolute Gasteiger partial charge is 0.327 e. The maximum Gasteiger partial charge on any atom is 0.240 e. The number of sulfonamides is 1. The van der Waals surface area contributed by atoms with Crippen molar-refractivity contribution in [3.63, 3.8) is 0 Å². The van der Waals surface area contributed by atoms with Gasteiger partial charge in [-0.25, -0.2) is 13.1 Å². The molecule has 1 aromatic rings. The zero-order valence-corrected chi connectivity index (χ0v) is 13.6. The molecule has 6 nitrogen and oxygen atoms in total. The van der Waals surface area contributed by atoms with Crippen LogP contribution in [0.25, 0.3) is 0 Å². The molecule has 0 aromatic heterocycles. The van der Waals surface area contributed by atoms with Crippen molar-refractivity contribution < 1.29 is 13.2 Å². The summed E-state index contributed by atoms with van der Waals surface area (Å²) < 4.78 is 25.6. The Morgan fingerprint density at radius 3 is 2.48 bits per heavy atom. The summed E-state index contributed by atoms with van der Waals surface area (Å²) >= 11 is 0. The van der Waals surface area contributed by atoms with Crippen LogP contribution in [0.15, 0.2) is 29.2 Å². The second kappa shape index (κ2) is 6.55. The molecule has 0 fully saturated rings. The van der Waals surface area contributed by atoms with Crippen molar-refractivity contribution in [3.8, 4) is 0 Å². The number of hydrogen-bond donors (Lipinski definition) is 3. The Labute approximate surface area is 126 Å². The number of amides is 1. The number of carbonyl (C=O) groups excluding carboxylic acids is 1. The first-order valence-corrected chi connectivity index (χ1v) is 8.13. The molecule has 0 saturated heterocycles. The van der Waals surface area contributed by atoms with Gasteiger partial charge in [-0.1, -0.05) is 26.8 Å². The molecule has 7 heteroatoms. The summed E-state index contributed by atoms with van der Waals surface area (Å²) in [6.45, 7) is 5.89. The first kappa shape index (κ1) is 17.6. The average Bonchev–Trinajstić information content (AvgIpc) is 2.37. The van der Waals surface area contributed by atoms with Crippen molar-refractivity contribution in [2.45, 2.75) is 38.1 Å². The number of rotatable bonds is 5. The quantitative estimate of drug-likeness (QED) is 0.762. The standard InChI is InChI=1S/C14H23N3O3S/c1-14(2,3)12(15)9-13(18)17-10-6-5-7-11(8-10)21(19,20)16-4/h5-8,12,16H,9,15H2,1-4H3,(H,17,18). The van der Waals surface area contributed by atoms with Crippen LogP contribution in [0.3, 0.4) is 0 Å². The lowest BCUT2D eigenvalue weighted by Crippen LogP contribution is -2.38. The van der Waals surface area contributed by atoms with Gasteiger partial charge in [0, 0.05) is 18.2 Å². The summed E-state index contributed by atoms with van der Waals surface area (Å²) in [6.07, 6.45) is 0.173. The lowest BCUT2D eigenvalue weighted by molar-refractivity contribution is -0.117. The van der Waals surface area contributed by atoms with Gasteiger partial charge in [-0.15, -0.1) is 0 Å². The van der Waals surface area contributed by atoms with E-state index in [9.17, 15) is 13.2 Å². The van der Waals surface area contributed by atoms with Crippen LogP contribution in [0.1, 0.15) is 27.2 Å². The lowest BCUT2D eigenvalue weighted by Gasteiger charge is -2.26. The molecule has 0 spiro atoms. The van der Waals surface area contributed by atoms with E-state index in [-0.39, 0.29) is 28.7 Å². The second-order valence-electron chi connectivity index (χ2n) is 5.96. The zero-order valence-electron chi connectivity index (χ0n) is 12.8. The van der Waals surface area contributed by atoms with Gasteiger partial charge in [-0.2, -0.15) is 0 Å². The summed E-state index contributed by atoms with van der Waals surface area (Å²) in [4.78, 5) is 12.0. The van der Waals surface area contributed by atoms with Gasteiger partial charge in [0.05, 0.1) is 4.90 Å². The number of nitrogens with one attached hydrogen (secondary N) is 2. The fraction of sp³-hybridized carbons (Fsp3) is 0.500. The number of benzene rings is 1. The predicted octanol–water partition coefficient (Wildman–Crippen LogP) is 1.30. The molecule has 0 aliphatic heterocycles. The molecule has 0 saturated carbocycles. The van der Waals surface area contributed by atoms with Crippen LogP contribution in [-0.4, -0.2) is 27.4 Å². The summed E-state index contributed by atoms with van der Waals surface area (Å²) in [6, 6.07) is 5.80. The maximum absolute atomic E-state index is 11.9. The van der Waals surface area contributed by atoms with E-state index in [1.807, 2.05) is 20.8 Å². The highest BCUT2D eigenvalue weighted by molar-refractivity contribution is 7.89. The highest BCUT2D eigenvalue weighted by atomic mass is 32.2. The monoisotopic (exact) mass is 313 g/mol. The minimum Gasteiger partial charge on any atom is -0.327 e. The lowest BCUT2D eigenvalue weighted by atomic mass is 9.85. The summed E-state index contributed by atoms with van der Waals surface area (Å²) in [5.74, 6) is -0.239. The fourth-order valence-electron chi connectivity index (χ4n) is 1.58. The van der Waals surface area contributed by atoms with Gasteiger partial charge in [0.1, 0.15) is 0 Å². The van der Waals surface area contributed by atoms with Crippen molar-refractivity contribution in [1.29, 1.82) is 0 Å². The Kier molecular flexibility index (Phi) is 5.49. The molecule has 0 aliphatic carbocycles. The molecule has 21 heavy (non-hydrogen) atoms. The molecule has 1 atom stereocenters.